The molecule has 0 bridgehead atoms. The fourth-order valence-corrected chi connectivity index (χ4v) is 4.67. The normalized spacial score (nSPS) is 22.9. The molecule has 1 atom stereocenters. The third-order valence-corrected chi connectivity index (χ3v) is 6.38. The van der Waals surface area contributed by atoms with Gasteiger partial charge in [-0.15, -0.1) is 0 Å². The van der Waals surface area contributed by atoms with E-state index in [2.05, 4.69) is 52.0 Å². The molecule has 0 aromatic heterocycles. The number of hydrogen-bond acceptors (Lipinski definition) is 3. The van der Waals surface area contributed by atoms with E-state index in [1.807, 2.05) is 36.4 Å². The van der Waals surface area contributed by atoms with Gasteiger partial charge < -0.3 is 5.32 Å². The maximum absolute atomic E-state index is 12.8. The van der Waals surface area contributed by atoms with Crippen molar-refractivity contribution in [1.82, 2.24) is 15.5 Å². The Kier molecular flexibility index (Phi) is 6.29. The number of nitrogens with zero attached hydrogens (tertiary/aromatic N) is 1. The Morgan fingerprint density at radius 2 is 1.63 bits per heavy atom. The van der Waals surface area contributed by atoms with Crippen molar-refractivity contribution in [2.45, 2.75) is 31.2 Å². The molecule has 30 heavy (non-hydrogen) atoms. The van der Waals surface area contributed by atoms with Gasteiger partial charge in [-0.1, -0.05) is 72.8 Å². The third kappa shape index (κ3) is 4.62. The van der Waals surface area contributed by atoms with Crippen molar-refractivity contribution in [3.63, 3.8) is 0 Å². The highest BCUT2D eigenvalue weighted by Crippen LogP contribution is 2.34. The van der Waals surface area contributed by atoms with E-state index in [1.54, 1.807) is 0 Å². The van der Waals surface area contributed by atoms with Crippen LogP contribution in [0.2, 0.25) is 0 Å². The van der Waals surface area contributed by atoms with Crippen molar-refractivity contribution >= 4 is 18.0 Å². The number of nitrogens with one attached hydrogen (secondary N) is 2. The van der Waals surface area contributed by atoms with Crippen LogP contribution in [0.5, 0.6) is 0 Å². The molecule has 4 rings (SSSR count). The third-order valence-electron chi connectivity index (χ3n) is 6.38. The lowest BCUT2D eigenvalue weighted by Crippen LogP contribution is -2.56. The lowest BCUT2D eigenvalue weighted by atomic mass is 9.74. The lowest BCUT2D eigenvalue weighted by Gasteiger charge is -2.40. The van der Waals surface area contributed by atoms with E-state index in [1.165, 1.54) is 11.1 Å². The van der Waals surface area contributed by atoms with E-state index in [9.17, 15) is 9.59 Å². The Balaban J connectivity index is 1.37. The van der Waals surface area contributed by atoms with Gasteiger partial charge >= 0.3 is 6.03 Å². The Labute approximate surface area is 178 Å². The van der Waals surface area contributed by atoms with Crippen LogP contribution in [0.25, 0.3) is 6.08 Å². The summed E-state index contributed by atoms with van der Waals surface area (Å²) in [5, 5.41) is 5.50. The summed E-state index contributed by atoms with van der Waals surface area (Å²) in [7, 11) is 0. The second-order valence-corrected chi connectivity index (χ2v) is 8.25. The highest BCUT2D eigenvalue weighted by Gasteiger charge is 2.51. The van der Waals surface area contributed by atoms with Gasteiger partial charge in [0.2, 0.25) is 0 Å². The monoisotopic (exact) mass is 403 g/mol. The summed E-state index contributed by atoms with van der Waals surface area (Å²) in [4.78, 5) is 27.2. The van der Waals surface area contributed by atoms with Gasteiger partial charge in [-0.25, -0.2) is 4.79 Å². The molecule has 5 heteroatoms. The number of likely N-dealkylation sites (tertiary alicyclic amines) is 1. The van der Waals surface area contributed by atoms with Crippen LogP contribution in [0.4, 0.5) is 4.79 Å². The van der Waals surface area contributed by atoms with Crippen molar-refractivity contribution in [2.75, 3.05) is 19.6 Å². The van der Waals surface area contributed by atoms with Gasteiger partial charge in [-0.05, 0) is 55.8 Å². The summed E-state index contributed by atoms with van der Waals surface area (Å²) in [5.74, 6) is -0.00660. The van der Waals surface area contributed by atoms with Gasteiger partial charge in [-0.3, -0.25) is 15.0 Å². The molecule has 2 aliphatic rings. The summed E-state index contributed by atoms with van der Waals surface area (Å²) in [6.07, 6.45) is 7.56. The molecule has 0 aliphatic carbocycles. The van der Waals surface area contributed by atoms with Gasteiger partial charge in [-0.2, -0.15) is 0 Å². The van der Waals surface area contributed by atoms with Gasteiger partial charge in [0.15, 0.2) is 0 Å². The molecular formula is C25H29N3O2. The molecule has 2 fully saturated rings. The Morgan fingerprint density at radius 3 is 2.27 bits per heavy atom. The molecule has 156 valence electrons. The van der Waals surface area contributed by atoms with Crippen molar-refractivity contribution in [1.29, 1.82) is 0 Å². The first-order valence-corrected chi connectivity index (χ1v) is 10.8. The van der Waals surface area contributed by atoms with Crippen LogP contribution in [0, 0.1) is 5.92 Å². The number of carbonyl (C=O) groups excluding carboxylic acids is 2. The minimum atomic E-state index is -0.793. The Morgan fingerprint density at radius 1 is 0.967 bits per heavy atom. The van der Waals surface area contributed by atoms with E-state index in [0.717, 1.165) is 38.9 Å². The molecule has 2 aliphatic heterocycles. The van der Waals surface area contributed by atoms with Crippen molar-refractivity contribution < 1.29 is 9.59 Å². The standard InChI is InChI=1S/C25H29N3O2/c29-23-25(27-24(30)26-23,16-13-21-10-5-2-6-11-21)22-14-18-28(19-15-22)17-7-12-20-8-3-1-4-9-20/h1-12,22H,13-19H2,(H2,26,27,29,30)/b12-7+. The fraction of sp³-hybridized carbons (Fsp3) is 0.360. The zero-order valence-corrected chi connectivity index (χ0v) is 17.2. The number of urea groups is 1. The molecular weight excluding hydrogens is 374 g/mol. The zero-order chi connectivity index (χ0) is 20.8. The molecule has 3 amide bonds. The summed E-state index contributed by atoms with van der Waals surface area (Å²) in [5.41, 5.74) is 1.60. The van der Waals surface area contributed by atoms with Crippen molar-refractivity contribution in [3.8, 4) is 0 Å². The molecule has 2 aromatic carbocycles. The lowest BCUT2D eigenvalue weighted by molar-refractivity contribution is -0.127. The van der Waals surface area contributed by atoms with Crippen LogP contribution in [0.15, 0.2) is 66.7 Å². The predicted octanol–water partition coefficient (Wildman–Crippen LogP) is 3.62. The maximum Gasteiger partial charge on any atom is 0.322 e. The Bertz CT molecular complexity index is 889. The zero-order valence-electron chi connectivity index (χ0n) is 17.2. The molecule has 2 saturated heterocycles. The number of benzene rings is 2. The number of hydrogen-bond donors (Lipinski definition) is 2. The van der Waals surface area contributed by atoms with Gasteiger partial charge in [0.05, 0.1) is 0 Å². The van der Waals surface area contributed by atoms with Gasteiger partial charge in [0, 0.05) is 6.54 Å². The molecule has 2 aromatic rings. The molecule has 2 heterocycles. The molecule has 2 N–H and O–H groups in total. The number of rotatable bonds is 7. The van der Waals surface area contributed by atoms with E-state index in [-0.39, 0.29) is 17.9 Å². The molecule has 0 radical (unpaired) electrons. The Hall–Kier alpha value is -2.92. The molecule has 0 saturated carbocycles. The average molecular weight is 404 g/mol. The number of carbonyl (C=O) groups is 2. The second-order valence-electron chi connectivity index (χ2n) is 8.25. The SMILES string of the molecule is O=C1NC(=O)C(CCc2ccccc2)(C2CCN(C/C=C/c3ccccc3)CC2)N1. The number of imide groups is 1. The van der Waals surface area contributed by atoms with Crippen molar-refractivity contribution in [3.05, 3.63) is 77.9 Å². The summed E-state index contributed by atoms with van der Waals surface area (Å²) in [6, 6.07) is 20.1. The molecule has 0 spiro atoms. The first kappa shape index (κ1) is 20.4. The summed E-state index contributed by atoms with van der Waals surface area (Å²) >= 11 is 0. The maximum atomic E-state index is 12.8. The first-order valence-electron chi connectivity index (χ1n) is 10.8. The minimum absolute atomic E-state index is 0.155. The predicted molar refractivity (Wildman–Crippen MR) is 119 cm³/mol. The number of piperidine rings is 1. The van der Waals surface area contributed by atoms with Crippen LogP contribution in [0.1, 0.15) is 30.4 Å². The van der Waals surface area contributed by atoms with Crippen LogP contribution in [-0.4, -0.2) is 42.0 Å². The van der Waals surface area contributed by atoms with Gasteiger partial charge in [0.25, 0.3) is 5.91 Å². The second kappa shape index (κ2) is 9.26. The average Bonchev–Trinajstić information content (AvgIpc) is 3.08. The van der Waals surface area contributed by atoms with Crippen molar-refractivity contribution in [2.24, 2.45) is 5.92 Å². The van der Waals surface area contributed by atoms with Crippen LogP contribution < -0.4 is 10.6 Å². The van der Waals surface area contributed by atoms with Crippen LogP contribution in [-0.2, 0) is 11.2 Å². The number of aryl methyl sites for hydroxylation is 1. The smallest absolute Gasteiger partial charge is 0.322 e. The number of amides is 3. The minimum Gasteiger partial charge on any atom is -0.323 e. The van der Waals surface area contributed by atoms with Crippen LogP contribution in [0.3, 0.4) is 0 Å². The summed E-state index contributed by atoms with van der Waals surface area (Å²) in [6.45, 7) is 2.76. The van der Waals surface area contributed by atoms with Gasteiger partial charge in [0.1, 0.15) is 5.54 Å². The van der Waals surface area contributed by atoms with E-state index in [0.29, 0.717) is 6.42 Å². The topological polar surface area (TPSA) is 61.4 Å². The van der Waals surface area contributed by atoms with E-state index < -0.39 is 5.54 Å². The van der Waals surface area contributed by atoms with E-state index in [4.69, 9.17) is 0 Å². The quantitative estimate of drug-likeness (QED) is 0.694. The molecule has 1 unspecified atom stereocenters. The fourth-order valence-electron chi connectivity index (χ4n) is 4.67. The van der Waals surface area contributed by atoms with Crippen LogP contribution >= 0.6 is 0 Å². The highest BCUT2D eigenvalue weighted by molar-refractivity contribution is 6.07. The largest absolute Gasteiger partial charge is 0.323 e. The van der Waals surface area contributed by atoms with E-state index >= 15 is 0 Å². The summed E-state index contributed by atoms with van der Waals surface area (Å²) < 4.78 is 0. The molecule has 5 nitrogen and oxygen atoms in total. The highest BCUT2D eigenvalue weighted by atomic mass is 16.2. The first-order chi connectivity index (χ1) is 14.7.